The molecule has 32 heavy (non-hydrogen) atoms. The number of morpholine rings is 1. The first-order valence-electron chi connectivity index (χ1n) is 9.77. The summed E-state index contributed by atoms with van der Waals surface area (Å²) in [5, 5.41) is 10.5. The molecule has 1 N–H and O–H groups in total. The van der Waals surface area contributed by atoms with Crippen molar-refractivity contribution in [3.8, 4) is 11.5 Å². The molecule has 13 heteroatoms. The number of sulfonamides is 1. The molecule has 2 aliphatic heterocycles. The van der Waals surface area contributed by atoms with Gasteiger partial charge in [-0.25, -0.2) is 8.42 Å². The number of fused-ring (bicyclic) bond motifs is 2. The highest BCUT2D eigenvalue weighted by molar-refractivity contribution is 7.89. The molecule has 168 valence electrons. The molecule has 0 unspecified atom stereocenters. The lowest BCUT2D eigenvalue weighted by molar-refractivity contribution is -0.121. The Labute approximate surface area is 182 Å². The van der Waals surface area contributed by atoms with Gasteiger partial charge in [0.15, 0.2) is 18.1 Å². The highest BCUT2D eigenvalue weighted by Gasteiger charge is 2.27. The number of carbonyl (C=O) groups is 1. The van der Waals surface area contributed by atoms with E-state index in [0.29, 0.717) is 41.4 Å². The van der Waals surface area contributed by atoms with Gasteiger partial charge in [-0.15, -0.1) is 5.10 Å². The number of carbonyl (C=O) groups excluding carboxylic acids is 1. The number of aromatic nitrogens is 3. The number of hydrogen-bond donors (Lipinski definition) is 1. The zero-order valence-corrected chi connectivity index (χ0v) is 17.6. The molecule has 2 aliphatic rings. The van der Waals surface area contributed by atoms with E-state index < -0.39 is 15.9 Å². The van der Waals surface area contributed by atoms with Crippen molar-refractivity contribution in [2.24, 2.45) is 0 Å². The van der Waals surface area contributed by atoms with Crippen molar-refractivity contribution in [3.63, 3.8) is 0 Å². The van der Waals surface area contributed by atoms with Gasteiger partial charge in [-0.3, -0.25) is 4.79 Å². The van der Waals surface area contributed by atoms with E-state index in [2.05, 4.69) is 15.6 Å². The van der Waals surface area contributed by atoms with Crippen LogP contribution >= 0.6 is 0 Å². The van der Waals surface area contributed by atoms with Crippen LogP contribution in [0.3, 0.4) is 0 Å². The summed E-state index contributed by atoms with van der Waals surface area (Å²) in [7, 11) is -3.70. The first kappa shape index (κ1) is 20.5. The standard InChI is InChI=1S/C19H19N5O7S/c25-19(20-13-1-4-17-18(9-13)30-12-29-17)11-31-24-16-10-14(2-3-15(16)21-22-24)32(26,27)23-5-7-28-8-6-23/h1-4,9-10H,5-8,11-12H2,(H,20,25). The third kappa shape index (κ3) is 3.92. The minimum Gasteiger partial charge on any atom is -0.454 e. The van der Waals surface area contributed by atoms with Gasteiger partial charge >= 0.3 is 0 Å². The van der Waals surface area contributed by atoms with E-state index in [1.54, 1.807) is 24.3 Å². The lowest BCUT2D eigenvalue weighted by atomic mass is 10.3. The Hall–Kier alpha value is -3.42. The van der Waals surface area contributed by atoms with Crippen molar-refractivity contribution in [2.75, 3.05) is 45.0 Å². The predicted molar refractivity (Wildman–Crippen MR) is 110 cm³/mol. The third-order valence-electron chi connectivity index (χ3n) is 4.97. The number of amides is 1. The van der Waals surface area contributed by atoms with E-state index in [9.17, 15) is 13.2 Å². The molecule has 1 saturated heterocycles. The second kappa shape index (κ2) is 8.26. The van der Waals surface area contributed by atoms with Gasteiger partial charge in [0.05, 0.1) is 18.1 Å². The van der Waals surface area contributed by atoms with Crippen LogP contribution in [0.25, 0.3) is 11.0 Å². The summed E-state index contributed by atoms with van der Waals surface area (Å²) in [4.78, 5) is 18.9. The summed E-state index contributed by atoms with van der Waals surface area (Å²) in [6.07, 6.45) is 0. The van der Waals surface area contributed by atoms with Crippen LogP contribution in [0.1, 0.15) is 0 Å². The Morgan fingerprint density at radius 2 is 1.91 bits per heavy atom. The number of anilines is 1. The van der Waals surface area contributed by atoms with Crippen LogP contribution in [-0.4, -0.2) is 73.5 Å². The fraction of sp³-hybridized carbons (Fsp3) is 0.316. The SMILES string of the molecule is O=C(COn1nnc2ccc(S(=O)(=O)N3CCOCC3)cc21)Nc1ccc2c(c1)OCO2. The molecular formula is C19H19N5O7S. The van der Waals surface area contributed by atoms with Gasteiger partial charge in [-0.05, 0) is 35.5 Å². The quantitative estimate of drug-likeness (QED) is 0.548. The molecule has 0 aliphatic carbocycles. The largest absolute Gasteiger partial charge is 0.454 e. The zero-order valence-electron chi connectivity index (χ0n) is 16.8. The van der Waals surface area contributed by atoms with E-state index in [1.165, 1.54) is 16.4 Å². The smallest absolute Gasteiger partial charge is 0.265 e. The lowest BCUT2D eigenvalue weighted by Crippen LogP contribution is -2.40. The molecule has 1 amide bonds. The summed E-state index contributed by atoms with van der Waals surface area (Å²) in [6.45, 7) is 1.04. The molecule has 1 aromatic heterocycles. The summed E-state index contributed by atoms with van der Waals surface area (Å²) in [5.41, 5.74) is 1.28. The molecule has 0 bridgehead atoms. The van der Waals surface area contributed by atoms with Crippen LogP contribution in [0, 0.1) is 0 Å². The number of rotatable bonds is 6. The van der Waals surface area contributed by atoms with Crippen molar-refractivity contribution >= 4 is 32.7 Å². The third-order valence-corrected chi connectivity index (χ3v) is 6.86. The zero-order chi connectivity index (χ0) is 22.1. The van der Waals surface area contributed by atoms with E-state index in [0.717, 1.165) is 4.85 Å². The molecule has 3 aromatic rings. The molecule has 0 radical (unpaired) electrons. The van der Waals surface area contributed by atoms with Gasteiger partial charge in [-0.2, -0.15) is 4.31 Å². The second-order valence-corrected chi connectivity index (χ2v) is 8.96. The average molecular weight is 461 g/mol. The number of benzene rings is 2. The van der Waals surface area contributed by atoms with Gasteiger partial charge in [-0.1, -0.05) is 4.85 Å². The van der Waals surface area contributed by atoms with Crippen molar-refractivity contribution in [1.29, 1.82) is 0 Å². The van der Waals surface area contributed by atoms with Crippen molar-refractivity contribution in [1.82, 2.24) is 19.5 Å². The van der Waals surface area contributed by atoms with Crippen LogP contribution in [0.5, 0.6) is 11.5 Å². The molecule has 0 spiro atoms. The van der Waals surface area contributed by atoms with Gasteiger partial charge in [0.1, 0.15) is 11.0 Å². The molecule has 1 fully saturated rings. The van der Waals surface area contributed by atoms with Crippen molar-refractivity contribution in [3.05, 3.63) is 36.4 Å². The number of nitrogens with one attached hydrogen (secondary N) is 1. The summed E-state index contributed by atoms with van der Waals surface area (Å²) < 4.78 is 42.9. The average Bonchev–Trinajstić information content (AvgIpc) is 3.44. The molecule has 0 saturated carbocycles. The maximum atomic E-state index is 12.9. The molecule has 12 nitrogen and oxygen atoms in total. The van der Waals surface area contributed by atoms with E-state index >= 15 is 0 Å². The number of nitrogens with zero attached hydrogens (tertiary/aromatic N) is 4. The van der Waals surface area contributed by atoms with E-state index in [4.69, 9.17) is 19.0 Å². The minimum absolute atomic E-state index is 0.0869. The second-order valence-electron chi connectivity index (χ2n) is 7.02. The minimum atomic E-state index is -3.70. The van der Waals surface area contributed by atoms with Gasteiger partial charge in [0.2, 0.25) is 16.8 Å². The Morgan fingerprint density at radius 1 is 1.09 bits per heavy atom. The summed E-state index contributed by atoms with van der Waals surface area (Å²) in [5.74, 6) is 0.709. The fourth-order valence-electron chi connectivity index (χ4n) is 3.36. The normalized spacial score (nSPS) is 16.2. The number of hydrogen-bond acceptors (Lipinski definition) is 9. The Morgan fingerprint density at radius 3 is 2.75 bits per heavy atom. The summed E-state index contributed by atoms with van der Waals surface area (Å²) in [6, 6.07) is 9.46. The highest BCUT2D eigenvalue weighted by Crippen LogP contribution is 2.34. The van der Waals surface area contributed by atoms with Crippen LogP contribution < -0.4 is 19.6 Å². The number of ether oxygens (including phenoxy) is 3. The maximum Gasteiger partial charge on any atom is 0.265 e. The van der Waals surface area contributed by atoms with Crippen LogP contribution in [0.2, 0.25) is 0 Å². The Bertz CT molecular complexity index is 1270. The monoisotopic (exact) mass is 461 g/mol. The molecule has 5 rings (SSSR count). The van der Waals surface area contributed by atoms with E-state index in [-0.39, 0.29) is 31.4 Å². The Kier molecular flexibility index (Phi) is 5.28. The van der Waals surface area contributed by atoms with Gasteiger partial charge in [0, 0.05) is 24.8 Å². The van der Waals surface area contributed by atoms with Crippen LogP contribution in [-0.2, 0) is 19.6 Å². The fourth-order valence-corrected chi connectivity index (χ4v) is 4.79. The first-order valence-corrected chi connectivity index (χ1v) is 11.2. The van der Waals surface area contributed by atoms with Gasteiger partial charge < -0.3 is 24.4 Å². The predicted octanol–water partition coefficient (Wildman–Crippen LogP) is 0.248. The molecule has 0 atom stereocenters. The Balaban J connectivity index is 1.29. The molecular weight excluding hydrogens is 442 g/mol. The maximum absolute atomic E-state index is 12.9. The summed E-state index contributed by atoms with van der Waals surface area (Å²) >= 11 is 0. The van der Waals surface area contributed by atoms with Crippen molar-refractivity contribution in [2.45, 2.75) is 4.90 Å². The van der Waals surface area contributed by atoms with E-state index in [1.807, 2.05) is 0 Å². The topological polar surface area (TPSA) is 134 Å². The lowest BCUT2D eigenvalue weighted by Gasteiger charge is -2.26. The molecule has 3 heterocycles. The van der Waals surface area contributed by atoms with Crippen molar-refractivity contribution < 1.29 is 32.3 Å². The van der Waals surface area contributed by atoms with Gasteiger partial charge in [0.25, 0.3) is 5.91 Å². The highest BCUT2D eigenvalue weighted by atomic mass is 32.2. The first-order chi connectivity index (χ1) is 15.5. The van der Waals surface area contributed by atoms with Crippen LogP contribution in [0.15, 0.2) is 41.3 Å². The molecule has 2 aromatic carbocycles. The van der Waals surface area contributed by atoms with Crippen LogP contribution in [0.4, 0.5) is 5.69 Å².